The monoisotopic (exact) mass is 363 g/mol. The van der Waals surface area contributed by atoms with Crippen molar-refractivity contribution in [3.05, 3.63) is 69.7 Å². The summed E-state index contributed by atoms with van der Waals surface area (Å²) in [7, 11) is 0. The molecule has 24 heavy (non-hydrogen) atoms. The first-order valence-electron chi connectivity index (χ1n) is 7.85. The maximum atomic E-state index is 11.9. The highest BCUT2D eigenvalue weighted by Crippen LogP contribution is 2.22. The number of carbonyl (C=O) groups excluding carboxylic acids is 1. The van der Waals surface area contributed by atoms with Crippen LogP contribution in [0, 0.1) is 0 Å². The number of halogens is 2. The van der Waals surface area contributed by atoms with Gasteiger partial charge in [-0.2, -0.15) is 0 Å². The molecule has 1 aliphatic rings. The van der Waals surface area contributed by atoms with Crippen LogP contribution in [-0.4, -0.2) is 30.1 Å². The molecule has 0 spiro atoms. The molecule has 0 saturated carbocycles. The Morgan fingerprint density at radius 2 is 1.79 bits per heavy atom. The molecule has 0 unspecified atom stereocenters. The number of nitrogens with zero attached hydrogens (tertiary/aromatic N) is 1. The van der Waals surface area contributed by atoms with E-state index in [4.69, 9.17) is 23.2 Å². The summed E-state index contributed by atoms with van der Waals surface area (Å²) < 4.78 is 0. The third kappa shape index (κ3) is 4.63. The average Bonchev–Trinajstić information content (AvgIpc) is 2.55. The Morgan fingerprint density at radius 3 is 2.50 bits per heavy atom. The first-order chi connectivity index (χ1) is 11.6. The van der Waals surface area contributed by atoms with E-state index < -0.39 is 0 Å². The van der Waals surface area contributed by atoms with Crippen LogP contribution in [0.1, 0.15) is 11.1 Å². The van der Waals surface area contributed by atoms with Gasteiger partial charge in [-0.25, -0.2) is 4.79 Å². The molecule has 0 aliphatic carbocycles. The molecule has 2 amide bonds. The van der Waals surface area contributed by atoms with E-state index in [0.717, 1.165) is 25.2 Å². The highest BCUT2D eigenvalue weighted by Gasteiger charge is 2.27. The van der Waals surface area contributed by atoms with Crippen molar-refractivity contribution < 1.29 is 4.79 Å². The number of likely N-dealkylation sites (tertiary alicyclic amines) is 1. The van der Waals surface area contributed by atoms with Gasteiger partial charge in [0.25, 0.3) is 0 Å². The van der Waals surface area contributed by atoms with E-state index >= 15 is 0 Å². The van der Waals surface area contributed by atoms with E-state index in [1.54, 1.807) is 12.1 Å². The summed E-state index contributed by atoms with van der Waals surface area (Å²) in [6, 6.07) is 15.7. The molecule has 0 aromatic heterocycles. The van der Waals surface area contributed by atoms with Gasteiger partial charge >= 0.3 is 6.03 Å². The van der Waals surface area contributed by atoms with Crippen molar-refractivity contribution in [2.45, 2.75) is 19.1 Å². The van der Waals surface area contributed by atoms with E-state index in [1.807, 2.05) is 24.3 Å². The van der Waals surface area contributed by atoms with Crippen molar-refractivity contribution in [3.63, 3.8) is 0 Å². The normalized spacial score (nSPS) is 14.9. The highest BCUT2D eigenvalue weighted by atomic mass is 35.5. The highest BCUT2D eigenvalue weighted by molar-refractivity contribution is 6.42. The largest absolute Gasteiger partial charge is 0.334 e. The second-order valence-corrected chi connectivity index (χ2v) is 6.77. The van der Waals surface area contributed by atoms with Gasteiger partial charge in [0.05, 0.1) is 16.1 Å². The van der Waals surface area contributed by atoms with Crippen LogP contribution in [0.2, 0.25) is 10.0 Å². The van der Waals surface area contributed by atoms with Crippen LogP contribution in [0.15, 0.2) is 48.5 Å². The average molecular weight is 364 g/mol. The summed E-state index contributed by atoms with van der Waals surface area (Å²) in [5.74, 6) is 0. The van der Waals surface area contributed by atoms with E-state index in [0.29, 0.717) is 16.6 Å². The number of hydrogen-bond donors (Lipinski definition) is 2. The predicted molar refractivity (Wildman–Crippen MR) is 97.3 cm³/mol. The third-order valence-corrected chi connectivity index (χ3v) is 4.72. The number of rotatable bonds is 5. The van der Waals surface area contributed by atoms with Gasteiger partial charge in [-0.3, -0.25) is 4.90 Å². The molecule has 1 heterocycles. The van der Waals surface area contributed by atoms with Gasteiger partial charge in [-0.1, -0.05) is 59.6 Å². The molecule has 4 nitrogen and oxygen atoms in total. The van der Waals surface area contributed by atoms with Gasteiger partial charge in [0, 0.05) is 26.2 Å². The Balaban J connectivity index is 1.37. The smallest absolute Gasteiger partial charge is 0.315 e. The van der Waals surface area contributed by atoms with Crippen LogP contribution in [0.4, 0.5) is 4.79 Å². The molecule has 2 N–H and O–H groups in total. The molecule has 3 rings (SSSR count). The predicted octanol–water partition coefficient (Wildman–Crippen LogP) is 3.68. The third-order valence-electron chi connectivity index (χ3n) is 3.98. The fourth-order valence-corrected chi connectivity index (χ4v) is 3.02. The fraction of sp³-hybridized carbons (Fsp3) is 0.278. The summed E-state index contributed by atoms with van der Waals surface area (Å²) in [4.78, 5) is 14.2. The minimum absolute atomic E-state index is 0.162. The molecule has 0 bridgehead atoms. The van der Waals surface area contributed by atoms with Gasteiger partial charge in [-0.05, 0) is 23.3 Å². The summed E-state index contributed by atoms with van der Waals surface area (Å²) in [6.45, 7) is 3.08. The van der Waals surface area contributed by atoms with Crippen LogP contribution < -0.4 is 10.6 Å². The molecule has 0 atom stereocenters. The topological polar surface area (TPSA) is 44.4 Å². The van der Waals surface area contributed by atoms with E-state index in [-0.39, 0.29) is 12.1 Å². The van der Waals surface area contributed by atoms with Crippen LogP contribution in [-0.2, 0) is 13.1 Å². The molecule has 2 aromatic carbocycles. The number of carbonyl (C=O) groups is 1. The lowest BCUT2D eigenvalue weighted by Gasteiger charge is -2.39. The minimum Gasteiger partial charge on any atom is -0.334 e. The Bertz CT molecular complexity index is 703. The van der Waals surface area contributed by atoms with Gasteiger partial charge in [-0.15, -0.1) is 0 Å². The van der Waals surface area contributed by atoms with Gasteiger partial charge in [0.15, 0.2) is 0 Å². The quantitative estimate of drug-likeness (QED) is 0.850. The molecule has 6 heteroatoms. The van der Waals surface area contributed by atoms with Crippen molar-refractivity contribution >= 4 is 29.2 Å². The van der Waals surface area contributed by atoms with Gasteiger partial charge < -0.3 is 10.6 Å². The van der Waals surface area contributed by atoms with Crippen LogP contribution in [0.3, 0.4) is 0 Å². The molecule has 126 valence electrons. The summed E-state index contributed by atoms with van der Waals surface area (Å²) >= 11 is 11.8. The molecule has 1 aliphatic heterocycles. The molecular weight excluding hydrogens is 345 g/mol. The Kier molecular flexibility index (Phi) is 5.61. The van der Waals surface area contributed by atoms with Crippen molar-refractivity contribution in [2.75, 3.05) is 13.1 Å². The Hall–Kier alpha value is -1.75. The van der Waals surface area contributed by atoms with Crippen molar-refractivity contribution in [2.24, 2.45) is 0 Å². The van der Waals surface area contributed by atoms with Crippen molar-refractivity contribution in [1.29, 1.82) is 0 Å². The summed E-state index contributed by atoms with van der Waals surface area (Å²) in [6.07, 6.45) is 0. The summed E-state index contributed by atoms with van der Waals surface area (Å²) in [5.41, 5.74) is 2.21. The number of benzene rings is 2. The fourth-order valence-electron chi connectivity index (χ4n) is 2.70. The first kappa shape index (κ1) is 17.1. The zero-order chi connectivity index (χ0) is 16.9. The van der Waals surface area contributed by atoms with Crippen molar-refractivity contribution in [1.82, 2.24) is 15.5 Å². The van der Waals surface area contributed by atoms with Gasteiger partial charge in [0.2, 0.25) is 0 Å². The summed E-state index contributed by atoms with van der Waals surface area (Å²) in [5, 5.41) is 6.82. The molecular formula is C18H19Cl2N3O. The lowest BCUT2D eigenvalue weighted by Crippen LogP contribution is -2.60. The lowest BCUT2D eigenvalue weighted by atomic mass is 10.1. The second-order valence-electron chi connectivity index (χ2n) is 5.95. The number of urea groups is 1. The van der Waals surface area contributed by atoms with Crippen molar-refractivity contribution in [3.8, 4) is 0 Å². The van der Waals surface area contributed by atoms with Crippen LogP contribution in [0.5, 0.6) is 0 Å². The van der Waals surface area contributed by atoms with E-state index in [1.165, 1.54) is 5.56 Å². The standard InChI is InChI=1S/C18H19Cl2N3O/c19-16-7-6-14(8-17(16)20)9-21-18(24)22-15-11-23(12-15)10-13-4-2-1-3-5-13/h1-8,15H,9-12H2,(H2,21,22,24). The minimum atomic E-state index is -0.162. The maximum Gasteiger partial charge on any atom is 0.315 e. The molecule has 2 aromatic rings. The number of amides is 2. The SMILES string of the molecule is O=C(NCc1ccc(Cl)c(Cl)c1)NC1CN(Cc2ccccc2)C1. The second kappa shape index (κ2) is 7.88. The van der Waals surface area contributed by atoms with E-state index in [9.17, 15) is 4.79 Å². The number of hydrogen-bond acceptors (Lipinski definition) is 2. The Labute approximate surface area is 151 Å². The van der Waals surface area contributed by atoms with Gasteiger partial charge in [0.1, 0.15) is 0 Å². The van der Waals surface area contributed by atoms with Crippen LogP contribution in [0.25, 0.3) is 0 Å². The Morgan fingerprint density at radius 1 is 1.04 bits per heavy atom. The molecule has 0 radical (unpaired) electrons. The lowest BCUT2D eigenvalue weighted by molar-refractivity contribution is 0.122. The molecule has 1 fully saturated rings. The van der Waals surface area contributed by atoms with E-state index in [2.05, 4.69) is 27.7 Å². The zero-order valence-corrected chi connectivity index (χ0v) is 14.6. The molecule has 1 saturated heterocycles. The van der Waals surface area contributed by atoms with Crippen LogP contribution >= 0.6 is 23.2 Å². The first-order valence-corrected chi connectivity index (χ1v) is 8.60. The zero-order valence-electron chi connectivity index (χ0n) is 13.1. The maximum absolute atomic E-state index is 11.9. The number of nitrogens with one attached hydrogen (secondary N) is 2.